The highest BCUT2D eigenvalue weighted by Gasteiger charge is 2.51. The minimum absolute atomic E-state index is 0.321. The van der Waals surface area contributed by atoms with Gasteiger partial charge in [0.25, 0.3) is 5.91 Å². The van der Waals surface area contributed by atoms with E-state index in [2.05, 4.69) is 10.6 Å². The lowest BCUT2D eigenvalue weighted by Crippen LogP contribution is -2.44. The Balaban J connectivity index is 1.74. The largest absolute Gasteiger partial charge is 0.350 e. The zero-order valence-electron chi connectivity index (χ0n) is 14.1. The fourth-order valence-corrected chi connectivity index (χ4v) is 3.80. The third-order valence-electron chi connectivity index (χ3n) is 4.37. The smallest absolute Gasteiger partial charge is 0.325 e. The van der Waals surface area contributed by atoms with Crippen LogP contribution in [0.3, 0.4) is 0 Å². The van der Waals surface area contributed by atoms with Crippen molar-refractivity contribution in [2.24, 2.45) is 0 Å². The van der Waals surface area contributed by atoms with Crippen molar-refractivity contribution < 1.29 is 14.4 Å². The first-order valence-corrected chi connectivity index (χ1v) is 9.41. The van der Waals surface area contributed by atoms with E-state index in [0.717, 1.165) is 9.78 Å². The number of halogens is 1. The normalized spacial score (nSPS) is 19.5. The minimum atomic E-state index is -1.20. The highest BCUT2D eigenvalue weighted by Crippen LogP contribution is 2.33. The summed E-state index contributed by atoms with van der Waals surface area (Å²) < 4.78 is 0. The average Bonchev–Trinajstić information content (AvgIpc) is 3.22. The second-order valence-corrected chi connectivity index (χ2v) is 7.42. The van der Waals surface area contributed by atoms with Crippen molar-refractivity contribution >= 4 is 40.8 Å². The predicted molar refractivity (Wildman–Crippen MR) is 99.8 cm³/mol. The van der Waals surface area contributed by atoms with E-state index in [1.54, 1.807) is 31.2 Å². The zero-order chi connectivity index (χ0) is 18.7. The summed E-state index contributed by atoms with van der Waals surface area (Å²) in [6.45, 7) is 1.85. The lowest BCUT2D eigenvalue weighted by molar-refractivity contribution is -0.135. The standard InChI is InChI=1S/C18H18ClN3O3S/c1-2-18(12-5-3-6-13(19)9-12)16(24)22(17(25)21-18)11-15(23)20-10-14-7-4-8-26-14/h3-9H,2,10-11H2,1H3,(H,20,23)(H,21,25)/t18-/m0/s1. The summed E-state index contributed by atoms with van der Waals surface area (Å²) in [5.74, 6) is -0.835. The molecular formula is C18H18ClN3O3S. The minimum Gasteiger partial charge on any atom is -0.350 e. The fourth-order valence-electron chi connectivity index (χ4n) is 2.96. The Morgan fingerprint density at radius 2 is 2.12 bits per heavy atom. The van der Waals surface area contributed by atoms with Crippen LogP contribution in [0.15, 0.2) is 41.8 Å². The number of carbonyl (C=O) groups is 3. The molecule has 4 amide bonds. The van der Waals surface area contributed by atoms with Crippen LogP contribution in [0.4, 0.5) is 4.79 Å². The van der Waals surface area contributed by atoms with Crippen LogP contribution in [-0.4, -0.2) is 29.3 Å². The molecule has 2 N–H and O–H groups in total. The number of imide groups is 1. The molecule has 1 aliphatic rings. The highest BCUT2D eigenvalue weighted by atomic mass is 35.5. The van der Waals surface area contributed by atoms with Gasteiger partial charge in [-0.1, -0.05) is 36.7 Å². The zero-order valence-corrected chi connectivity index (χ0v) is 15.7. The monoisotopic (exact) mass is 391 g/mol. The summed E-state index contributed by atoms with van der Waals surface area (Å²) >= 11 is 7.56. The van der Waals surface area contributed by atoms with Gasteiger partial charge in [0.05, 0.1) is 6.54 Å². The van der Waals surface area contributed by atoms with Gasteiger partial charge in [0, 0.05) is 9.90 Å². The second-order valence-electron chi connectivity index (χ2n) is 5.95. The molecular weight excluding hydrogens is 374 g/mol. The molecule has 1 aliphatic heterocycles. The van der Waals surface area contributed by atoms with Crippen LogP contribution in [0, 0.1) is 0 Å². The van der Waals surface area contributed by atoms with Crippen molar-refractivity contribution in [2.75, 3.05) is 6.54 Å². The SMILES string of the molecule is CC[C@@]1(c2cccc(Cl)c2)NC(=O)N(CC(=O)NCc2cccs2)C1=O. The molecule has 1 aromatic carbocycles. The number of thiophene rings is 1. The van der Waals surface area contributed by atoms with Crippen LogP contribution in [0.5, 0.6) is 0 Å². The van der Waals surface area contributed by atoms with Gasteiger partial charge in [-0.05, 0) is 35.6 Å². The van der Waals surface area contributed by atoms with Gasteiger partial charge in [0.15, 0.2) is 0 Å². The van der Waals surface area contributed by atoms with Crippen LogP contribution in [0.1, 0.15) is 23.8 Å². The number of hydrogen-bond donors (Lipinski definition) is 2. The van der Waals surface area contributed by atoms with Crippen LogP contribution >= 0.6 is 22.9 Å². The molecule has 0 radical (unpaired) electrons. The highest BCUT2D eigenvalue weighted by molar-refractivity contribution is 7.09. The molecule has 1 aromatic heterocycles. The molecule has 0 unspecified atom stereocenters. The van der Waals surface area contributed by atoms with Crippen molar-refractivity contribution in [2.45, 2.75) is 25.4 Å². The number of benzene rings is 1. The van der Waals surface area contributed by atoms with Crippen molar-refractivity contribution in [3.8, 4) is 0 Å². The van der Waals surface area contributed by atoms with E-state index in [1.165, 1.54) is 11.3 Å². The molecule has 26 heavy (non-hydrogen) atoms. The molecule has 1 atom stereocenters. The van der Waals surface area contributed by atoms with E-state index in [1.807, 2.05) is 17.5 Å². The van der Waals surface area contributed by atoms with E-state index in [-0.39, 0.29) is 12.5 Å². The van der Waals surface area contributed by atoms with Gasteiger partial charge in [-0.3, -0.25) is 14.5 Å². The summed E-state index contributed by atoms with van der Waals surface area (Å²) in [5, 5.41) is 7.85. The maximum Gasteiger partial charge on any atom is 0.325 e. The van der Waals surface area contributed by atoms with E-state index in [0.29, 0.717) is 23.6 Å². The summed E-state index contributed by atoms with van der Waals surface area (Å²) in [6, 6.07) is 10.0. The topological polar surface area (TPSA) is 78.5 Å². The molecule has 136 valence electrons. The number of amides is 4. The molecule has 2 heterocycles. The quantitative estimate of drug-likeness (QED) is 0.743. The summed E-state index contributed by atoms with van der Waals surface area (Å²) in [7, 11) is 0. The van der Waals surface area contributed by atoms with Gasteiger partial charge in [0.1, 0.15) is 12.1 Å². The Bertz CT molecular complexity index is 840. The average molecular weight is 392 g/mol. The molecule has 3 rings (SSSR count). The van der Waals surface area contributed by atoms with E-state index in [4.69, 9.17) is 11.6 Å². The molecule has 2 aromatic rings. The van der Waals surface area contributed by atoms with E-state index in [9.17, 15) is 14.4 Å². The number of rotatable bonds is 6. The second kappa shape index (κ2) is 7.47. The molecule has 0 aliphatic carbocycles. The van der Waals surface area contributed by atoms with Crippen LogP contribution in [0.25, 0.3) is 0 Å². The third kappa shape index (κ3) is 3.45. The van der Waals surface area contributed by atoms with Crippen molar-refractivity contribution in [1.82, 2.24) is 15.5 Å². The van der Waals surface area contributed by atoms with Crippen LogP contribution in [-0.2, 0) is 21.7 Å². The summed E-state index contributed by atoms with van der Waals surface area (Å²) in [6.07, 6.45) is 0.352. The summed E-state index contributed by atoms with van der Waals surface area (Å²) in [4.78, 5) is 39.5. The molecule has 8 heteroatoms. The van der Waals surface area contributed by atoms with Gasteiger partial charge in [-0.15, -0.1) is 11.3 Å². The van der Waals surface area contributed by atoms with E-state index >= 15 is 0 Å². The first-order valence-electron chi connectivity index (χ1n) is 8.15. The lowest BCUT2D eigenvalue weighted by Gasteiger charge is -2.25. The first-order chi connectivity index (χ1) is 12.5. The van der Waals surface area contributed by atoms with Gasteiger partial charge in [-0.2, -0.15) is 0 Å². The van der Waals surface area contributed by atoms with Crippen molar-refractivity contribution in [1.29, 1.82) is 0 Å². The molecule has 1 fully saturated rings. The van der Waals surface area contributed by atoms with E-state index < -0.39 is 17.5 Å². The Morgan fingerprint density at radius 1 is 1.31 bits per heavy atom. The predicted octanol–water partition coefficient (Wildman–Crippen LogP) is 2.88. The Kier molecular flexibility index (Phi) is 5.29. The van der Waals surface area contributed by atoms with Crippen molar-refractivity contribution in [3.05, 3.63) is 57.2 Å². The number of nitrogens with one attached hydrogen (secondary N) is 2. The Labute approximate surface area is 160 Å². The van der Waals surface area contributed by atoms with Gasteiger partial charge >= 0.3 is 6.03 Å². The number of hydrogen-bond acceptors (Lipinski definition) is 4. The molecule has 0 spiro atoms. The maximum atomic E-state index is 13.0. The third-order valence-corrected chi connectivity index (χ3v) is 5.48. The Hall–Kier alpha value is -2.38. The molecule has 6 nitrogen and oxygen atoms in total. The fraction of sp³-hybridized carbons (Fsp3) is 0.278. The van der Waals surface area contributed by atoms with Gasteiger partial charge in [-0.25, -0.2) is 4.79 Å². The number of nitrogens with zero attached hydrogens (tertiary/aromatic N) is 1. The number of urea groups is 1. The molecule has 0 bridgehead atoms. The lowest BCUT2D eigenvalue weighted by atomic mass is 9.87. The van der Waals surface area contributed by atoms with Crippen LogP contribution < -0.4 is 10.6 Å². The Morgan fingerprint density at radius 3 is 2.77 bits per heavy atom. The first kappa shape index (κ1) is 18.4. The van der Waals surface area contributed by atoms with Gasteiger partial charge < -0.3 is 10.6 Å². The molecule has 1 saturated heterocycles. The van der Waals surface area contributed by atoms with Crippen molar-refractivity contribution in [3.63, 3.8) is 0 Å². The van der Waals surface area contributed by atoms with Gasteiger partial charge in [0.2, 0.25) is 5.91 Å². The molecule has 0 saturated carbocycles. The number of carbonyl (C=O) groups excluding carboxylic acids is 3. The maximum absolute atomic E-state index is 13.0. The summed E-state index contributed by atoms with van der Waals surface area (Å²) in [5.41, 5.74) is -0.594. The van der Waals surface area contributed by atoms with Crippen LogP contribution in [0.2, 0.25) is 5.02 Å².